The molecular formula is C18H23NO2. The van der Waals surface area contributed by atoms with E-state index >= 15 is 0 Å². The highest BCUT2D eigenvalue weighted by atomic mass is 16.5. The minimum absolute atomic E-state index is 0.165. The number of aryl methyl sites for hydroxylation is 2. The first-order valence-electron chi connectivity index (χ1n) is 7.12. The van der Waals surface area contributed by atoms with Gasteiger partial charge in [0.1, 0.15) is 17.2 Å². The average Bonchev–Trinajstić information content (AvgIpc) is 2.47. The van der Waals surface area contributed by atoms with E-state index < -0.39 is 0 Å². The Morgan fingerprint density at radius 3 is 2.19 bits per heavy atom. The standard InChI is InChI=1S/C18H23NO2/c1-11-9-10-12(2)18(13(11)3)21-16-8-6-7-15(20-5)17(16)14(4)19/h6-10,14H,19H2,1-5H3. The fourth-order valence-electron chi connectivity index (χ4n) is 2.43. The van der Waals surface area contributed by atoms with E-state index in [1.54, 1.807) is 7.11 Å². The SMILES string of the molecule is COc1cccc(Oc2c(C)ccc(C)c2C)c1C(C)N. The maximum atomic E-state index is 6.20. The highest BCUT2D eigenvalue weighted by Gasteiger charge is 2.16. The number of methoxy groups -OCH3 is 1. The van der Waals surface area contributed by atoms with Crippen molar-refractivity contribution in [2.45, 2.75) is 33.7 Å². The van der Waals surface area contributed by atoms with Crippen LogP contribution in [0.2, 0.25) is 0 Å². The normalized spacial score (nSPS) is 12.1. The molecular weight excluding hydrogens is 262 g/mol. The molecule has 0 aliphatic heterocycles. The molecule has 21 heavy (non-hydrogen) atoms. The monoisotopic (exact) mass is 285 g/mol. The van der Waals surface area contributed by atoms with Gasteiger partial charge in [-0.05, 0) is 56.5 Å². The van der Waals surface area contributed by atoms with E-state index in [2.05, 4.69) is 26.0 Å². The number of hydrogen-bond donors (Lipinski definition) is 1. The molecule has 3 heteroatoms. The second kappa shape index (κ2) is 6.19. The predicted molar refractivity (Wildman–Crippen MR) is 86.3 cm³/mol. The van der Waals surface area contributed by atoms with Gasteiger partial charge in [-0.2, -0.15) is 0 Å². The lowest BCUT2D eigenvalue weighted by Crippen LogP contribution is -2.09. The van der Waals surface area contributed by atoms with Crippen LogP contribution in [0.5, 0.6) is 17.2 Å². The first-order chi connectivity index (χ1) is 9.95. The molecule has 0 spiro atoms. The second-order valence-electron chi connectivity index (χ2n) is 5.42. The fraction of sp³-hybridized carbons (Fsp3) is 0.333. The average molecular weight is 285 g/mol. The Morgan fingerprint density at radius 2 is 1.57 bits per heavy atom. The molecule has 0 amide bonds. The van der Waals surface area contributed by atoms with Gasteiger partial charge in [0.25, 0.3) is 0 Å². The van der Waals surface area contributed by atoms with E-state index in [1.165, 1.54) is 5.56 Å². The Morgan fingerprint density at radius 1 is 0.952 bits per heavy atom. The van der Waals surface area contributed by atoms with Crippen molar-refractivity contribution in [2.24, 2.45) is 5.73 Å². The van der Waals surface area contributed by atoms with E-state index in [0.29, 0.717) is 0 Å². The summed E-state index contributed by atoms with van der Waals surface area (Å²) in [4.78, 5) is 0. The van der Waals surface area contributed by atoms with Crippen LogP contribution in [0.3, 0.4) is 0 Å². The molecule has 0 radical (unpaired) electrons. The van der Waals surface area contributed by atoms with Crippen LogP contribution in [0, 0.1) is 20.8 Å². The van der Waals surface area contributed by atoms with E-state index in [0.717, 1.165) is 33.9 Å². The van der Waals surface area contributed by atoms with Crippen molar-refractivity contribution in [2.75, 3.05) is 7.11 Å². The fourth-order valence-corrected chi connectivity index (χ4v) is 2.43. The summed E-state index contributed by atoms with van der Waals surface area (Å²) >= 11 is 0. The second-order valence-corrected chi connectivity index (χ2v) is 5.42. The lowest BCUT2D eigenvalue weighted by atomic mass is 10.0. The Kier molecular flexibility index (Phi) is 4.53. The molecule has 1 atom stereocenters. The molecule has 0 aliphatic carbocycles. The zero-order chi connectivity index (χ0) is 15.6. The molecule has 0 heterocycles. The summed E-state index contributed by atoms with van der Waals surface area (Å²) in [5.74, 6) is 2.40. The van der Waals surface area contributed by atoms with Gasteiger partial charge in [0, 0.05) is 6.04 Å². The summed E-state index contributed by atoms with van der Waals surface area (Å²) in [5, 5.41) is 0. The van der Waals surface area contributed by atoms with Gasteiger partial charge in [0.2, 0.25) is 0 Å². The number of ether oxygens (including phenoxy) is 2. The van der Waals surface area contributed by atoms with Gasteiger partial charge in [-0.15, -0.1) is 0 Å². The highest BCUT2D eigenvalue weighted by molar-refractivity contribution is 5.52. The molecule has 0 fully saturated rings. The van der Waals surface area contributed by atoms with Gasteiger partial charge in [0.05, 0.1) is 12.7 Å². The minimum Gasteiger partial charge on any atom is -0.496 e. The zero-order valence-corrected chi connectivity index (χ0v) is 13.4. The van der Waals surface area contributed by atoms with E-state index in [4.69, 9.17) is 15.2 Å². The molecule has 0 aromatic heterocycles. The van der Waals surface area contributed by atoms with E-state index in [1.807, 2.05) is 32.0 Å². The number of hydrogen-bond acceptors (Lipinski definition) is 3. The van der Waals surface area contributed by atoms with E-state index in [9.17, 15) is 0 Å². The molecule has 2 aromatic rings. The first kappa shape index (κ1) is 15.4. The molecule has 2 N–H and O–H groups in total. The topological polar surface area (TPSA) is 44.5 Å². The van der Waals surface area contributed by atoms with Crippen LogP contribution in [0.4, 0.5) is 0 Å². The predicted octanol–water partition coefficient (Wildman–Crippen LogP) is 4.43. The van der Waals surface area contributed by atoms with Crippen molar-refractivity contribution in [3.63, 3.8) is 0 Å². The smallest absolute Gasteiger partial charge is 0.135 e. The third-order valence-electron chi connectivity index (χ3n) is 3.79. The van der Waals surface area contributed by atoms with Gasteiger partial charge >= 0.3 is 0 Å². The maximum Gasteiger partial charge on any atom is 0.135 e. The molecule has 1 unspecified atom stereocenters. The lowest BCUT2D eigenvalue weighted by molar-refractivity contribution is 0.396. The summed E-state index contributed by atoms with van der Waals surface area (Å²) in [6.07, 6.45) is 0. The number of benzene rings is 2. The summed E-state index contributed by atoms with van der Waals surface area (Å²) in [6.45, 7) is 8.14. The maximum absolute atomic E-state index is 6.20. The van der Waals surface area contributed by atoms with Crippen molar-refractivity contribution >= 4 is 0 Å². The van der Waals surface area contributed by atoms with Gasteiger partial charge in [-0.3, -0.25) is 0 Å². The van der Waals surface area contributed by atoms with Crippen LogP contribution in [-0.4, -0.2) is 7.11 Å². The highest BCUT2D eigenvalue weighted by Crippen LogP contribution is 2.38. The van der Waals surface area contributed by atoms with Crippen molar-refractivity contribution in [3.05, 3.63) is 52.6 Å². The van der Waals surface area contributed by atoms with Crippen molar-refractivity contribution in [1.82, 2.24) is 0 Å². The largest absolute Gasteiger partial charge is 0.496 e. The van der Waals surface area contributed by atoms with E-state index in [-0.39, 0.29) is 6.04 Å². The Bertz CT molecular complexity index is 648. The lowest BCUT2D eigenvalue weighted by Gasteiger charge is -2.19. The molecule has 0 saturated carbocycles. The van der Waals surface area contributed by atoms with Crippen molar-refractivity contribution < 1.29 is 9.47 Å². The first-order valence-corrected chi connectivity index (χ1v) is 7.12. The van der Waals surface area contributed by atoms with Crippen molar-refractivity contribution in [1.29, 1.82) is 0 Å². The number of rotatable bonds is 4. The molecule has 0 aliphatic rings. The third kappa shape index (κ3) is 3.03. The van der Waals surface area contributed by atoms with Gasteiger partial charge in [-0.1, -0.05) is 18.2 Å². The summed E-state index contributed by atoms with van der Waals surface area (Å²) in [5.41, 5.74) is 10.4. The number of nitrogens with two attached hydrogens (primary N) is 1. The van der Waals surface area contributed by atoms with Gasteiger partial charge in [-0.25, -0.2) is 0 Å². The van der Waals surface area contributed by atoms with Gasteiger partial charge < -0.3 is 15.2 Å². The summed E-state index contributed by atoms with van der Waals surface area (Å²) in [6, 6.07) is 9.77. The third-order valence-corrected chi connectivity index (χ3v) is 3.79. The van der Waals surface area contributed by atoms with Crippen LogP contribution >= 0.6 is 0 Å². The Hall–Kier alpha value is -2.00. The van der Waals surface area contributed by atoms with Gasteiger partial charge in [0.15, 0.2) is 0 Å². The van der Waals surface area contributed by atoms with Crippen LogP contribution in [0.15, 0.2) is 30.3 Å². The minimum atomic E-state index is -0.165. The molecule has 0 saturated heterocycles. The molecule has 112 valence electrons. The van der Waals surface area contributed by atoms with Crippen LogP contribution in [0.1, 0.15) is 35.2 Å². The quantitative estimate of drug-likeness (QED) is 0.903. The summed E-state index contributed by atoms with van der Waals surface area (Å²) in [7, 11) is 1.65. The molecule has 0 bridgehead atoms. The molecule has 2 aromatic carbocycles. The van der Waals surface area contributed by atoms with Crippen LogP contribution in [0.25, 0.3) is 0 Å². The van der Waals surface area contributed by atoms with Crippen molar-refractivity contribution in [3.8, 4) is 17.2 Å². The zero-order valence-electron chi connectivity index (χ0n) is 13.4. The Balaban J connectivity index is 2.52. The Labute approximate surface area is 126 Å². The van der Waals surface area contributed by atoms with Crippen LogP contribution < -0.4 is 15.2 Å². The molecule has 2 rings (SSSR count). The van der Waals surface area contributed by atoms with Crippen LogP contribution in [-0.2, 0) is 0 Å². The molecule has 3 nitrogen and oxygen atoms in total. The summed E-state index contributed by atoms with van der Waals surface area (Å²) < 4.78 is 11.6.